The van der Waals surface area contributed by atoms with Gasteiger partial charge in [0, 0.05) is 29.7 Å². The third-order valence-corrected chi connectivity index (χ3v) is 5.74. The number of carbonyl (C=O) groups is 2. The van der Waals surface area contributed by atoms with Crippen LogP contribution in [0.15, 0.2) is 48.7 Å². The van der Waals surface area contributed by atoms with Gasteiger partial charge in [0.1, 0.15) is 5.60 Å². The largest absolute Gasteiger partial charge is 0.771 e. The van der Waals surface area contributed by atoms with Crippen molar-refractivity contribution < 1.29 is 23.1 Å². The second kappa shape index (κ2) is 11.0. The molecule has 3 aromatic rings. The molecule has 1 aromatic heterocycles. The maximum atomic E-state index is 12.6. The third-order valence-electron chi connectivity index (χ3n) is 5.35. The number of nitrogens with zero attached hydrogens (tertiary/aromatic N) is 1. The van der Waals surface area contributed by atoms with Crippen molar-refractivity contribution in [1.82, 2.24) is 15.2 Å². The third kappa shape index (κ3) is 7.16. The Morgan fingerprint density at radius 1 is 1.06 bits per heavy atom. The van der Waals surface area contributed by atoms with E-state index < -0.39 is 34.6 Å². The summed E-state index contributed by atoms with van der Waals surface area (Å²) in [5.74, 6) is -0.846. The van der Waals surface area contributed by atoms with Gasteiger partial charge >= 0.3 is 6.09 Å². The van der Waals surface area contributed by atoms with Crippen molar-refractivity contribution in [2.75, 3.05) is 12.4 Å². The number of nitrogens with one attached hydrogen (secondary N) is 2. The molecule has 0 spiro atoms. The molecule has 0 aliphatic carbocycles. The molecule has 1 atom stereocenters. The first-order chi connectivity index (χ1) is 16.4. The molecule has 0 bridgehead atoms. The molecule has 1 unspecified atom stereocenters. The summed E-state index contributed by atoms with van der Waals surface area (Å²) in [6.45, 7) is 10.0. The first-order valence-electron chi connectivity index (χ1n) is 11.5. The Morgan fingerprint density at radius 3 is 2.31 bits per heavy atom. The van der Waals surface area contributed by atoms with E-state index in [9.17, 15) is 18.4 Å². The molecule has 0 aliphatic heterocycles. The number of fused-ring (bicyclic) bond motifs is 1. The van der Waals surface area contributed by atoms with Crippen molar-refractivity contribution in [1.29, 1.82) is 0 Å². The minimum absolute atomic E-state index is 0.114. The van der Waals surface area contributed by atoms with E-state index in [2.05, 4.69) is 10.6 Å². The summed E-state index contributed by atoms with van der Waals surface area (Å²) in [6.07, 6.45) is 2.02. The molecule has 2 amide bonds. The molecular formula is C26H32N3O5S-. The van der Waals surface area contributed by atoms with Crippen LogP contribution in [0.25, 0.3) is 22.0 Å². The van der Waals surface area contributed by atoms with Crippen molar-refractivity contribution in [3.8, 4) is 11.1 Å². The SMILES string of the molecule is CC(C)n1cc(C(=O)NCS(=O)[O-])c2ccc(-c3ccc(CCNC(=O)OC(C)(C)C)cc3)cc21. The quantitative estimate of drug-likeness (QED) is 0.443. The van der Waals surface area contributed by atoms with Gasteiger partial charge in [-0.3, -0.25) is 9.00 Å². The number of rotatable bonds is 8. The Balaban J connectivity index is 1.76. The summed E-state index contributed by atoms with van der Waals surface area (Å²) >= 11 is -2.35. The number of ether oxygens (including phenoxy) is 1. The fourth-order valence-corrected chi connectivity index (χ4v) is 3.99. The standard InChI is InChI=1S/C26H33N3O5S/c1-17(2)29-15-22(24(30)28-16-35(32)33)21-11-10-20(14-23(21)29)19-8-6-18(7-9-19)12-13-27-25(31)34-26(3,4)5/h6-11,14-15,17H,12-13,16H2,1-5H3,(H,27,31)(H,28,30)(H,32,33)/p-1. The lowest BCUT2D eigenvalue weighted by molar-refractivity contribution is 0.0528. The Hall–Kier alpha value is -3.17. The fraction of sp³-hybridized carbons (Fsp3) is 0.385. The van der Waals surface area contributed by atoms with Crippen molar-refractivity contribution in [3.05, 3.63) is 59.8 Å². The van der Waals surface area contributed by atoms with Crippen LogP contribution in [0.3, 0.4) is 0 Å². The maximum absolute atomic E-state index is 12.6. The van der Waals surface area contributed by atoms with Crippen molar-refractivity contribution in [2.24, 2.45) is 0 Å². The topological polar surface area (TPSA) is 112 Å². The van der Waals surface area contributed by atoms with Crippen molar-refractivity contribution in [2.45, 2.75) is 52.7 Å². The number of alkyl carbamates (subject to hydrolysis) is 1. The number of hydrogen-bond donors (Lipinski definition) is 2. The van der Waals surface area contributed by atoms with Crippen LogP contribution >= 0.6 is 0 Å². The van der Waals surface area contributed by atoms with E-state index in [1.165, 1.54) is 0 Å². The van der Waals surface area contributed by atoms with Crippen molar-refractivity contribution >= 4 is 34.0 Å². The number of amides is 2. The average Bonchev–Trinajstić information content (AvgIpc) is 3.16. The first kappa shape index (κ1) is 26.4. The van der Waals surface area contributed by atoms with Gasteiger partial charge < -0.3 is 24.5 Å². The van der Waals surface area contributed by atoms with E-state index in [4.69, 9.17) is 4.74 Å². The smallest absolute Gasteiger partial charge is 0.407 e. The molecule has 2 aromatic carbocycles. The molecule has 188 valence electrons. The zero-order chi connectivity index (χ0) is 25.8. The fourth-order valence-electron chi connectivity index (χ4n) is 3.75. The van der Waals surface area contributed by atoms with Gasteiger partial charge in [-0.2, -0.15) is 0 Å². The molecule has 35 heavy (non-hydrogen) atoms. The minimum Gasteiger partial charge on any atom is -0.771 e. The number of benzene rings is 2. The first-order valence-corrected chi connectivity index (χ1v) is 12.7. The van der Waals surface area contributed by atoms with Gasteiger partial charge in [0.05, 0.1) is 11.4 Å². The van der Waals surface area contributed by atoms with E-state index in [0.29, 0.717) is 18.5 Å². The molecule has 9 heteroatoms. The highest BCUT2D eigenvalue weighted by atomic mass is 32.2. The Bertz CT molecular complexity index is 1230. The van der Waals surface area contributed by atoms with Crippen molar-refractivity contribution in [3.63, 3.8) is 0 Å². The van der Waals surface area contributed by atoms with Crippen LogP contribution in [0.2, 0.25) is 0 Å². The molecule has 3 rings (SSSR count). The molecule has 0 saturated carbocycles. The molecule has 8 nitrogen and oxygen atoms in total. The van der Waals surface area contributed by atoms with E-state index in [0.717, 1.165) is 27.6 Å². The van der Waals surface area contributed by atoms with Crippen LogP contribution < -0.4 is 10.6 Å². The van der Waals surface area contributed by atoms with Gasteiger partial charge in [-0.1, -0.05) is 36.4 Å². The van der Waals surface area contributed by atoms with Crippen LogP contribution in [0.5, 0.6) is 0 Å². The average molecular weight is 499 g/mol. The number of carbonyl (C=O) groups excluding carboxylic acids is 2. The second-order valence-electron chi connectivity index (χ2n) is 9.61. The van der Waals surface area contributed by atoms with E-state index >= 15 is 0 Å². The Morgan fingerprint density at radius 2 is 1.71 bits per heavy atom. The minimum atomic E-state index is -2.35. The van der Waals surface area contributed by atoms with E-state index in [1.54, 1.807) is 6.20 Å². The lowest BCUT2D eigenvalue weighted by Crippen LogP contribution is -2.33. The molecule has 0 fully saturated rings. The molecule has 1 heterocycles. The molecular weight excluding hydrogens is 466 g/mol. The number of hydrogen-bond acceptors (Lipinski definition) is 5. The summed E-state index contributed by atoms with van der Waals surface area (Å²) in [7, 11) is 0. The monoisotopic (exact) mass is 498 g/mol. The van der Waals surface area contributed by atoms with Crippen LogP contribution in [-0.4, -0.2) is 43.4 Å². The van der Waals surface area contributed by atoms with E-state index in [-0.39, 0.29) is 6.04 Å². The summed E-state index contributed by atoms with van der Waals surface area (Å²) in [4.78, 5) is 24.3. The molecule has 2 N–H and O–H groups in total. The van der Waals surface area contributed by atoms with Crippen LogP contribution in [0.1, 0.15) is 56.6 Å². The maximum Gasteiger partial charge on any atom is 0.407 e. The van der Waals surface area contributed by atoms with Gasteiger partial charge in [0.2, 0.25) is 0 Å². The zero-order valence-electron chi connectivity index (χ0n) is 20.7. The van der Waals surface area contributed by atoms with Gasteiger partial charge in [0.25, 0.3) is 5.91 Å². The van der Waals surface area contributed by atoms with Gasteiger partial charge in [-0.15, -0.1) is 0 Å². The summed E-state index contributed by atoms with van der Waals surface area (Å²) in [5, 5.41) is 5.96. The highest BCUT2D eigenvalue weighted by Gasteiger charge is 2.17. The predicted molar refractivity (Wildman–Crippen MR) is 137 cm³/mol. The highest BCUT2D eigenvalue weighted by Crippen LogP contribution is 2.30. The van der Waals surface area contributed by atoms with E-state index in [1.807, 2.05) is 81.7 Å². The molecule has 0 saturated heterocycles. The van der Waals surface area contributed by atoms with Crippen LogP contribution in [0, 0.1) is 0 Å². The van der Waals surface area contributed by atoms with Gasteiger partial charge in [0.15, 0.2) is 0 Å². The van der Waals surface area contributed by atoms with Gasteiger partial charge in [-0.05, 0) is 74.9 Å². The lowest BCUT2D eigenvalue weighted by atomic mass is 10.0. The van der Waals surface area contributed by atoms with Crippen LogP contribution in [-0.2, 0) is 22.2 Å². The molecule has 0 radical (unpaired) electrons. The highest BCUT2D eigenvalue weighted by molar-refractivity contribution is 7.79. The number of aromatic nitrogens is 1. The van der Waals surface area contributed by atoms with Crippen LogP contribution in [0.4, 0.5) is 4.79 Å². The summed E-state index contributed by atoms with van der Waals surface area (Å²) in [6, 6.07) is 14.1. The summed E-state index contributed by atoms with van der Waals surface area (Å²) in [5.41, 5.74) is 3.94. The zero-order valence-corrected chi connectivity index (χ0v) is 21.5. The Labute approximate surface area is 208 Å². The lowest BCUT2D eigenvalue weighted by Gasteiger charge is -2.19. The predicted octanol–water partition coefficient (Wildman–Crippen LogP) is 4.52. The normalized spacial score (nSPS) is 12.5. The second-order valence-corrected chi connectivity index (χ2v) is 10.5. The molecule has 0 aliphatic rings. The Kier molecular flexibility index (Phi) is 8.34. The van der Waals surface area contributed by atoms with Gasteiger partial charge in [-0.25, -0.2) is 4.79 Å². The summed E-state index contributed by atoms with van der Waals surface area (Å²) < 4.78 is 28.9.